The van der Waals surface area contributed by atoms with Gasteiger partial charge in [0.2, 0.25) is 6.54 Å². The lowest BCUT2D eigenvalue weighted by molar-refractivity contribution is -0.684. The standard InChI is InChI=1S/C14H22N4O2/c1-5-11(2)15-14(20)16-13(19)10-18-8-6-12(7-9-18)17(3)4/h6-9,11H,5,10H2,1-4H3,(H-,15,16,19,20)/p+1/t11-/m0/s1. The molecule has 0 fully saturated rings. The minimum atomic E-state index is -0.449. The van der Waals surface area contributed by atoms with Gasteiger partial charge in [-0.1, -0.05) is 6.92 Å². The lowest BCUT2D eigenvalue weighted by atomic mass is 10.3. The van der Waals surface area contributed by atoms with Crippen LogP contribution in [-0.2, 0) is 11.3 Å². The van der Waals surface area contributed by atoms with Crippen LogP contribution in [0.5, 0.6) is 0 Å². The van der Waals surface area contributed by atoms with Gasteiger partial charge in [-0.05, 0) is 13.3 Å². The van der Waals surface area contributed by atoms with E-state index >= 15 is 0 Å². The zero-order chi connectivity index (χ0) is 15.1. The molecule has 0 spiro atoms. The summed E-state index contributed by atoms with van der Waals surface area (Å²) in [5, 5.41) is 4.99. The van der Waals surface area contributed by atoms with Crippen LogP contribution in [0.3, 0.4) is 0 Å². The Morgan fingerprint density at radius 3 is 2.40 bits per heavy atom. The maximum absolute atomic E-state index is 11.7. The number of aromatic nitrogens is 1. The largest absolute Gasteiger partial charge is 0.377 e. The number of imide groups is 1. The number of nitrogens with zero attached hydrogens (tertiary/aromatic N) is 2. The average molecular weight is 279 g/mol. The Bertz CT molecular complexity index is 457. The first kappa shape index (κ1) is 15.9. The molecule has 1 rings (SSSR count). The molecule has 20 heavy (non-hydrogen) atoms. The SMILES string of the molecule is CC[C@H](C)NC(=O)NC(=O)C[n+]1ccc(N(C)C)cc1. The van der Waals surface area contributed by atoms with Crippen LogP contribution >= 0.6 is 0 Å². The van der Waals surface area contributed by atoms with E-state index in [1.54, 1.807) is 4.57 Å². The molecule has 0 aromatic carbocycles. The monoisotopic (exact) mass is 279 g/mol. The Kier molecular flexibility index (Phi) is 5.96. The molecule has 0 saturated carbocycles. The number of carbonyl (C=O) groups is 2. The molecule has 0 radical (unpaired) electrons. The molecule has 0 aliphatic heterocycles. The second kappa shape index (κ2) is 7.47. The molecule has 2 N–H and O–H groups in total. The minimum Gasteiger partial charge on any atom is -0.377 e. The summed E-state index contributed by atoms with van der Waals surface area (Å²) >= 11 is 0. The molecule has 6 heteroatoms. The molecule has 6 nitrogen and oxygen atoms in total. The highest BCUT2D eigenvalue weighted by Gasteiger charge is 2.14. The van der Waals surface area contributed by atoms with E-state index in [0.29, 0.717) is 0 Å². The van der Waals surface area contributed by atoms with Gasteiger partial charge in [-0.25, -0.2) is 4.79 Å². The zero-order valence-corrected chi connectivity index (χ0v) is 12.5. The third-order valence-corrected chi connectivity index (χ3v) is 2.96. The number of hydrogen-bond donors (Lipinski definition) is 2. The first-order valence-electron chi connectivity index (χ1n) is 6.69. The van der Waals surface area contributed by atoms with Crippen molar-refractivity contribution in [3.8, 4) is 0 Å². The van der Waals surface area contributed by atoms with Gasteiger partial charge in [-0.3, -0.25) is 10.1 Å². The fourth-order valence-electron chi connectivity index (χ4n) is 1.55. The fraction of sp³-hybridized carbons (Fsp3) is 0.500. The molecule has 1 heterocycles. The van der Waals surface area contributed by atoms with Crippen molar-refractivity contribution in [1.82, 2.24) is 10.6 Å². The third-order valence-electron chi connectivity index (χ3n) is 2.96. The van der Waals surface area contributed by atoms with Crippen molar-refractivity contribution in [2.75, 3.05) is 19.0 Å². The molecule has 1 aromatic heterocycles. The van der Waals surface area contributed by atoms with Crippen LogP contribution < -0.4 is 20.1 Å². The van der Waals surface area contributed by atoms with Gasteiger partial charge in [0.05, 0.1) is 0 Å². The fourth-order valence-corrected chi connectivity index (χ4v) is 1.55. The van der Waals surface area contributed by atoms with E-state index in [9.17, 15) is 9.59 Å². The molecular weight excluding hydrogens is 256 g/mol. The molecule has 0 bridgehead atoms. The van der Waals surface area contributed by atoms with E-state index in [-0.39, 0.29) is 18.5 Å². The molecule has 0 aliphatic rings. The number of amides is 3. The lowest BCUT2D eigenvalue weighted by Gasteiger charge is -2.11. The normalized spacial score (nSPS) is 11.6. The summed E-state index contributed by atoms with van der Waals surface area (Å²) in [6, 6.07) is 3.42. The zero-order valence-electron chi connectivity index (χ0n) is 12.5. The van der Waals surface area contributed by atoms with E-state index in [0.717, 1.165) is 12.1 Å². The third kappa shape index (κ3) is 5.26. The molecular formula is C14H23N4O2+. The Morgan fingerprint density at radius 1 is 1.30 bits per heavy atom. The van der Waals surface area contributed by atoms with Gasteiger partial charge in [-0.15, -0.1) is 0 Å². The first-order chi connectivity index (χ1) is 9.42. The number of nitrogens with one attached hydrogen (secondary N) is 2. The predicted molar refractivity (Wildman–Crippen MR) is 77.4 cm³/mol. The van der Waals surface area contributed by atoms with Gasteiger partial charge in [0.25, 0.3) is 5.91 Å². The highest BCUT2D eigenvalue weighted by molar-refractivity contribution is 5.93. The van der Waals surface area contributed by atoms with Gasteiger partial charge in [0.1, 0.15) is 0 Å². The molecule has 0 saturated heterocycles. The molecule has 0 aliphatic carbocycles. The number of pyridine rings is 1. The summed E-state index contributed by atoms with van der Waals surface area (Å²) in [5.41, 5.74) is 1.05. The number of urea groups is 1. The molecule has 110 valence electrons. The number of carbonyl (C=O) groups excluding carboxylic acids is 2. The highest BCUT2D eigenvalue weighted by Crippen LogP contribution is 2.05. The van der Waals surface area contributed by atoms with Crippen molar-refractivity contribution in [2.24, 2.45) is 0 Å². The Balaban J connectivity index is 2.48. The second-order valence-electron chi connectivity index (χ2n) is 4.95. The molecule has 1 atom stereocenters. The van der Waals surface area contributed by atoms with Gasteiger partial charge in [0, 0.05) is 38.0 Å². The molecule has 1 aromatic rings. The maximum Gasteiger partial charge on any atom is 0.321 e. The van der Waals surface area contributed by atoms with E-state index < -0.39 is 6.03 Å². The Labute approximate surface area is 119 Å². The summed E-state index contributed by atoms with van der Waals surface area (Å²) in [4.78, 5) is 25.2. The van der Waals surface area contributed by atoms with Crippen LogP contribution in [0, 0.1) is 0 Å². The van der Waals surface area contributed by atoms with E-state index in [4.69, 9.17) is 0 Å². The van der Waals surface area contributed by atoms with E-state index in [1.165, 1.54) is 0 Å². The van der Waals surface area contributed by atoms with E-state index in [2.05, 4.69) is 10.6 Å². The van der Waals surface area contributed by atoms with Gasteiger partial charge in [0.15, 0.2) is 12.4 Å². The summed E-state index contributed by atoms with van der Waals surface area (Å²) in [7, 11) is 3.90. The quantitative estimate of drug-likeness (QED) is 0.778. The van der Waals surface area contributed by atoms with Crippen LogP contribution in [0.25, 0.3) is 0 Å². The van der Waals surface area contributed by atoms with E-state index in [1.807, 2.05) is 57.4 Å². The van der Waals surface area contributed by atoms with Gasteiger partial charge >= 0.3 is 6.03 Å². The smallest absolute Gasteiger partial charge is 0.321 e. The minimum absolute atomic E-state index is 0.0508. The number of rotatable bonds is 5. The van der Waals surface area contributed by atoms with Crippen molar-refractivity contribution in [3.63, 3.8) is 0 Å². The van der Waals surface area contributed by atoms with Crippen molar-refractivity contribution in [3.05, 3.63) is 24.5 Å². The predicted octanol–water partition coefficient (Wildman–Crippen LogP) is 0.664. The number of hydrogen-bond acceptors (Lipinski definition) is 3. The Morgan fingerprint density at radius 2 is 1.90 bits per heavy atom. The summed E-state index contributed by atoms with van der Waals surface area (Å²) < 4.78 is 1.72. The van der Waals surface area contributed by atoms with Crippen LogP contribution in [0.15, 0.2) is 24.5 Å². The molecule has 3 amide bonds. The van der Waals surface area contributed by atoms with Crippen molar-refractivity contribution >= 4 is 17.6 Å². The average Bonchev–Trinajstić information content (AvgIpc) is 2.38. The summed E-state index contributed by atoms with van der Waals surface area (Å²) in [6.07, 6.45) is 4.44. The van der Waals surface area contributed by atoms with Crippen molar-refractivity contribution < 1.29 is 14.2 Å². The summed E-state index contributed by atoms with van der Waals surface area (Å²) in [5.74, 6) is -0.339. The van der Waals surface area contributed by atoms with Crippen LogP contribution in [0.2, 0.25) is 0 Å². The second-order valence-corrected chi connectivity index (χ2v) is 4.95. The summed E-state index contributed by atoms with van der Waals surface area (Å²) in [6.45, 7) is 3.97. The van der Waals surface area contributed by atoms with Gasteiger partial charge < -0.3 is 10.2 Å². The molecule has 0 unspecified atom stereocenters. The lowest BCUT2D eigenvalue weighted by Crippen LogP contribution is -2.48. The van der Waals surface area contributed by atoms with Gasteiger partial charge in [-0.2, -0.15) is 4.57 Å². The highest BCUT2D eigenvalue weighted by atomic mass is 16.2. The van der Waals surface area contributed by atoms with Crippen molar-refractivity contribution in [2.45, 2.75) is 32.9 Å². The van der Waals surface area contributed by atoms with Crippen LogP contribution in [-0.4, -0.2) is 32.1 Å². The van der Waals surface area contributed by atoms with Crippen LogP contribution in [0.4, 0.5) is 10.5 Å². The van der Waals surface area contributed by atoms with Crippen LogP contribution in [0.1, 0.15) is 20.3 Å². The maximum atomic E-state index is 11.7. The topological polar surface area (TPSA) is 65.3 Å². The first-order valence-corrected chi connectivity index (χ1v) is 6.69. The number of anilines is 1. The van der Waals surface area contributed by atoms with Crippen molar-refractivity contribution in [1.29, 1.82) is 0 Å². The Hall–Kier alpha value is -2.11.